The smallest absolute Gasteiger partial charge is 0.0663 e. The molecule has 0 unspecified atom stereocenters. The van der Waals surface area contributed by atoms with Gasteiger partial charge in [0.2, 0.25) is 6.71 Å². The van der Waals surface area contributed by atoms with Gasteiger partial charge in [-0.15, -0.1) is 0 Å². The van der Waals surface area contributed by atoms with Gasteiger partial charge in [-0.2, -0.15) is 0 Å². The van der Waals surface area contributed by atoms with E-state index in [0.29, 0.717) is 0 Å². The fourth-order valence-electron chi connectivity index (χ4n) is 10.2. The van der Waals surface area contributed by atoms with Gasteiger partial charge in [-0.05, 0) is 108 Å². The van der Waals surface area contributed by atoms with Gasteiger partial charge in [0.15, 0.2) is 0 Å². The molecular formula is C51H53B. The minimum atomic E-state index is -0.422. The zero-order valence-electron chi connectivity index (χ0n) is 33.4. The number of rotatable bonds is 3. The Morgan fingerprint density at radius 1 is 0.423 bits per heavy atom. The molecule has 0 nitrogen and oxygen atoms in total. The summed E-state index contributed by atoms with van der Waals surface area (Å²) in [7, 11) is 0. The standard InChI is InChI=1S/C51H53B/c1-30-24-32(3)47(33(4)25-30)52(48-34(5)26-31(2)27-35(48)6)45-19-15-18-42-46(45)40-16-13-14-17-41(40)51(42)43-28-36(49(7,8)9)20-22-38(43)39-23-21-37(29-44(39)51)50(10,11)12/h13-29H,1-12H3. The zero-order chi connectivity index (χ0) is 37.1. The van der Waals surface area contributed by atoms with E-state index in [1.165, 1.54) is 105 Å². The monoisotopic (exact) mass is 676 g/mol. The Bertz CT molecular complexity index is 2270. The molecule has 0 radical (unpaired) electrons. The van der Waals surface area contributed by atoms with Crippen molar-refractivity contribution in [1.82, 2.24) is 0 Å². The summed E-state index contributed by atoms with van der Waals surface area (Å²) >= 11 is 0. The van der Waals surface area contributed by atoms with Gasteiger partial charge in [-0.25, -0.2) is 0 Å². The highest BCUT2D eigenvalue weighted by molar-refractivity contribution is 6.97. The Kier molecular flexibility index (Phi) is 7.75. The van der Waals surface area contributed by atoms with Gasteiger partial charge < -0.3 is 0 Å². The van der Waals surface area contributed by atoms with Crippen molar-refractivity contribution in [1.29, 1.82) is 0 Å². The number of aryl methyl sites for hydroxylation is 6. The number of fused-ring (bicyclic) bond motifs is 10. The largest absolute Gasteiger partial charge is 0.243 e. The summed E-state index contributed by atoms with van der Waals surface area (Å²) < 4.78 is 0. The fraction of sp³-hybridized carbons (Fsp3) is 0.294. The van der Waals surface area contributed by atoms with E-state index in [0.717, 1.165) is 0 Å². The normalized spacial score (nSPS) is 13.9. The van der Waals surface area contributed by atoms with Gasteiger partial charge >= 0.3 is 0 Å². The van der Waals surface area contributed by atoms with Gasteiger partial charge in [0.1, 0.15) is 0 Å². The Morgan fingerprint density at radius 2 is 0.865 bits per heavy atom. The summed E-state index contributed by atoms with van der Waals surface area (Å²) in [5.74, 6) is 0. The van der Waals surface area contributed by atoms with E-state index in [1.807, 2.05) is 0 Å². The van der Waals surface area contributed by atoms with Crippen LogP contribution in [0.3, 0.4) is 0 Å². The van der Waals surface area contributed by atoms with Crippen molar-refractivity contribution >= 4 is 23.1 Å². The molecule has 0 aromatic heterocycles. The number of hydrogen-bond acceptors (Lipinski definition) is 0. The summed E-state index contributed by atoms with van der Waals surface area (Å²) in [4.78, 5) is 0. The third-order valence-electron chi connectivity index (χ3n) is 12.3. The van der Waals surface area contributed by atoms with E-state index >= 15 is 0 Å². The molecule has 1 spiro atoms. The average molecular weight is 677 g/mol. The molecule has 8 rings (SSSR count). The van der Waals surface area contributed by atoms with E-state index in [2.05, 4.69) is 186 Å². The van der Waals surface area contributed by atoms with Crippen molar-refractivity contribution < 1.29 is 0 Å². The van der Waals surface area contributed by atoms with Gasteiger partial charge in [0.05, 0.1) is 5.41 Å². The quantitative estimate of drug-likeness (QED) is 0.163. The van der Waals surface area contributed by atoms with Crippen LogP contribution in [0.1, 0.15) is 108 Å². The van der Waals surface area contributed by atoms with Crippen molar-refractivity contribution in [3.05, 3.63) is 170 Å². The van der Waals surface area contributed by atoms with E-state index in [1.54, 1.807) is 0 Å². The molecule has 0 heterocycles. The molecule has 52 heavy (non-hydrogen) atoms. The highest BCUT2D eigenvalue weighted by Crippen LogP contribution is 2.63. The number of hydrogen-bond donors (Lipinski definition) is 0. The maximum Gasteiger partial charge on any atom is 0.243 e. The molecule has 0 aliphatic heterocycles. The summed E-state index contributed by atoms with van der Waals surface area (Å²) in [6.45, 7) is 27.9. The molecule has 0 amide bonds. The fourth-order valence-corrected chi connectivity index (χ4v) is 10.2. The Labute approximate surface area is 313 Å². The summed E-state index contributed by atoms with van der Waals surface area (Å²) in [6.07, 6.45) is 0. The second kappa shape index (κ2) is 11.7. The van der Waals surface area contributed by atoms with Crippen molar-refractivity contribution in [2.24, 2.45) is 0 Å². The first-order chi connectivity index (χ1) is 24.5. The van der Waals surface area contributed by atoms with Crippen molar-refractivity contribution in [2.45, 2.75) is 99.3 Å². The van der Waals surface area contributed by atoms with E-state index in [-0.39, 0.29) is 17.5 Å². The highest BCUT2D eigenvalue weighted by atomic mass is 14.5. The molecule has 2 aliphatic carbocycles. The van der Waals surface area contributed by atoms with Gasteiger partial charge in [-0.3, -0.25) is 0 Å². The first-order valence-electron chi connectivity index (χ1n) is 19.2. The molecule has 0 N–H and O–H groups in total. The second-order valence-electron chi connectivity index (χ2n) is 18.1. The van der Waals surface area contributed by atoms with Gasteiger partial charge in [0.25, 0.3) is 0 Å². The lowest BCUT2D eigenvalue weighted by atomic mass is 9.33. The average Bonchev–Trinajstić information content (AvgIpc) is 3.53. The van der Waals surface area contributed by atoms with Crippen LogP contribution in [0.5, 0.6) is 0 Å². The lowest BCUT2D eigenvalue weighted by Gasteiger charge is -2.33. The molecule has 6 aromatic rings. The molecule has 6 aromatic carbocycles. The second-order valence-corrected chi connectivity index (χ2v) is 18.1. The third kappa shape index (κ3) is 4.95. The lowest BCUT2D eigenvalue weighted by Crippen LogP contribution is -2.56. The first-order valence-corrected chi connectivity index (χ1v) is 19.2. The lowest BCUT2D eigenvalue weighted by molar-refractivity contribution is 0.586. The van der Waals surface area contributed by atoms with Gasteiger partial charge in [-0.1, -0.05) is 194 Å². The van der Waals surface area contributed by atoms with Gasteiger partial charge in [0, 0.05) is 0 Å². The maximum absolute atomic E-state index is 2.56. The predicted molar refractivity (Wildman–Crippen MR) is 226 cm³/mol. The van der Waals surface area contributed by atoms with Crippen molar-refractivity contribution in [3.63, 3.8) is 0 Å². The van der Waals surface area contributed by atoms with Crippen LogP contribution in [-0.2, 0) is 16.2 Å². The Balaban J connectivity index is 1.54. The molecular weight excluding hydrogens is 623 g/mol. The summed E-state index contributed by atoms with van der Waals surface area (Å²) in [5, 5.41) is 0. The van der Waals surface area contributed by atoms with Crippen LogP contribution in [-0.4, -0.2) is 6.71 Å². The van der Waals surface area contributed by atoms with E-state index in [4.69, 9.17) is 0 Å². The predicted octanol–water partition coefficient (Wildman–Crippen LogP) is 11.0. The van der Waals surface area contributed by atoms with E-state index < -0.39 is 5.41 Å². The van der Waals surface area contributed by atoms with Crippen LogP contribution in [0.15, 0.2) is 103 Å². The zero-order valence-corrected chi connectivity index (χ0v) is 33.4. The van der Waals surface area contributed by atoms with Crippen LogP contribution in [0.2, 0.25) is 0 Å². The number of benzene rings is 6. The van der Waals surface area contributed by atoms with Crippen LogP contribution < -0.4 is 16.4 Å². The van der Waals surface area contributed by atoms with Crippen molar-refractivity contribution in [3.8, 4) is 22.3 Å². The maximum atomic E-state index is 2.56. The van der Waals surface area contributed by atoms with E-state index in [9.17, 15) is 0 Å². The van der Waals surface area contributed by atoms with Crippen molar-refractivity contribution in [2.75, 3.05) is 0 Å². The van der Waals surface area contributed by atoms with Crippen LogP contribution in [0.4, 0.5) is 0 Å². The third-order valence-corrected chi connectivity index (χ3v) is 12.3. The summed E-state index contributed by atoms with van der Waals surface area (Å²) in [5.41, 5.74) is 25.9. The Morgan fingerprint density at radius 3 is 1.33 bits per heavy atom. The minimum Gasteiger partial charge on any atom is -0.0663 e. The van der Waals surface area contributed by atoms with Crippen LogP contribution >= 0.6 is 0 Å². The molecule has 0 saturated heterocycles. The molecule has 2 aliphatic rings. The molecule has 1 heteroatoms. The molecule has 260 valence electrons. The topological polar surface area (TPSA) is 0 Å². The molecule has 0 saturated carbocycles. The minimum absolute atomic E-state index is 0.0243. The highest BCUT2D eigenvalue weighted by Gasteiger charge is 2.53. The van der Waals surface area contributed by atoms with Crippen LogP contribution in [0, 0.1) is 41.5 Å². The SMILES string of the molecule is Cc1cc(C)c(B(c2cccc3c2-c2ccccc2C32c3cc(C(C)(C)C)ccc3-c3ccc(C(C)(C)C)cc32)c2c(C)cc(C)cc2C)c(C)c1. The first kappa shape index (κ1) is 34.5. The molecule has 0 bridgehead atoms. The molecule has 0 atom stereocenters. The Hall–Kier alpha value is -4.62. The summed E-state index contributed by atoms with van der Waals surface area (Å²) in [6, 6.07) is 40.9. The molecule has 0 fully saturated rings. The van der Waals surface area contributed by atoms with Crippen LogP contribution in [0.25, 0.3) is 22.3 Å².